The monoisotopic (exact) mass is 710 g/mol. The molecule has 4 aromatic rings. The molecule has 4 aromatic carbocycles. The molecule has 0 aliphatic heterocycles. The minimum absolute atomic E-state index is 0.628. The number of allylic oxidation sites excluding steroid dienone is 4. The zero-order valence-corrected chi connectivity index (χ0v) is 32.7. The molecule has 0 aromatic heterocycles. The van der Waals surface area contributed by atoms with E-state index in [2.05, 4.69) is 138 Å². The number of unbranched alkanes of at least 4 members (excludes halogenated alkanes) is 2. The molecule has 2 unspecified atom stereocenters. The van der Waals surface area contributed by atoms with Crippen LogP contribution in [0.15, 0.2) is 103 Å². The molecule has 2 atom stereocenters. The van der Waals surface area contributed by atoms with Crippen molar-refractivity contribution in [1.29, 1.82) is 0 Å². The second kappa shape index (κ2) is 20.6. The van der Waals surface area contributed by atoms with Gasteiger partial charge in [0.25, 0.3) is 0 Å². The normalized spacial score (nSPS) is 13.5. The van der Waals surface area contributed by atoms with Crippen LogP contribution in [0, 0.1) is 30.9 Å². The fourth-order valence-electron chi connectivity index (χ4n) is 6.49. The second-order valence-electron chi connectivity index (χ2n) is 13.8. The number of hydrogen-bond acceptors (Lipinski definition) is 0. The molecule has 0 N–H and O–H groups in total. The Kier molecular flexibility index (Phi) is 16.3. The molecule has 0 heterocycles. The van der Waals surface area contributed by atoms with Crippen molar-refractivity contribution in [3.8, 4) is 11.1 Å². The molecule has 6 rings (SSSR count). The van der Waals surface area contributed by atoms with E-state index in [-0.39, 0.29) is 0 Å². The molecule has 0 saturated carbocycles. The van der Waals surface area contributed by atoms with Gasteiger partial charge in [0.05, 0.1) is 0 Å². The fraction of sp³-hybridized carbons (Fsp3) is 0.383. The van der Waals surface area contributed by atoms with Gasteiger partial charge in [-0.05, 0) is 72.3 Å². The predicted molar refractivity (Wildman–Crippen MR) is 205 cm³/mol. The zero-order chi connectivity index (χ0) is 34.1. The standard InChI is InChI=1S/C33H33.C9H18.C5H5.Zr/c1-23(16-26-10-6-4-7-11-26)24(2)17-28-14-15-32-31(20-28)21-30-18-25(3)29(22-33(30)32)19-27-12-8-5-9-13-27;1-3-5-7-9-8-6-4-2;1-2-4-5-3-1;/h4-15,18,22-24H,16-17,19,21H2,1-3H3;3-8H2,1-2H3;1-3H,4H2;/q-1;;-1;+2. The van der Waals surface area contributed by atoms with Gasteiger partial charge in [0.1, 0.15) is 0 Å². The van der Waals surface area contributed by atoms with Crippen LogP contribution in [0.4, 0.5) is 0 Å². The smallest absolute Gasteiger partial charge is 0.00233 e. The van der Waals surface area contributed by atoms with E-state index in [1.807, 2.05) is 12.2 Å². The number of fused-ring (bicyclic) bond motifs is 3. The van der Waals surface area contributed by atoms with E-state index in [4.69, 9.17) is 0 Å². The summed E-state index contributed by atoms with van der Waals surface area (Å²) in [4.78, 5) is 0. The Morgan fingerprint density at radius 1 is 0.771 bits per heavy atom. The van der Waals surface area contributed by atoms with E-state index in [1.54, 1.807) is 27.4 Å². The van der Waals surface area contributed by atoms with Crippen molar-refractivity contribution in [2.24, 2.45) is 11.8 Å². The summed E-state index contributed by atoms with van der Waals surface area (Å²) < 4.78 is 1.79. The molecular formula is C47H56Zr. The predicted octanol–water partition coefficient (Wildman–Crippen LogP) is 12.4. The van der Waals surface area contributed by atoms with E-state index in [0.29, 0.717) is 11.8 Å². The minimum Gasteiger partial charge on any atom is -0.273 e. The summed E-state index contributed by atoms with van der Waals surface area (Å²) in [5.41, 5.74) is 12.6. The molecule has 2 aliphatic rings. The van der Waals surface area contributed by atoms with Crippen LogP contribution >= 0.6 is 0 Å². The van der Waals surface area contributed by atoms with Crippen molar-refractivity contribution < 1.29 is 24.2 Å². The summed E-state index contributed by atoms with van der Waals surface area (Å²) in [6, 6.07) is 35.0. The fourth-order valence-corrected chi connectivity index (χ4v) is 7.35. The molecule has 0 radical (unpaired) electrons. The van der Waals surface area contributed by atoms with Crippen LogP contribution in [0.1, 0.15) is 112 Å². The van der Waals surface area contributed by atoms with Crippen LogP contribution in [0.5, 0.6) is 0 Å². The first-order valence-corrected chi connectivity index (χ1v) is 19.6. The van der Waals surface area contributed by atoms with Crippen molar-refractivity contribution >= 4 is 3.21 Å². The van der Waals surface area contributed by atoms with Crippen molar-refractivity contribution in [1.82, 2.24) is 0 Å². The SMILES string of the molecule is CCCC[C](=[Zr+2])CCCC.Cc1cc2c(cc1Cc1ccccc1)-c1ccc(CC(C)C(C)Cc3ccccc3)[c-]c1C2.[C-]1=CC=CC1. The van der Waals surface area contributed by atoms with Crippen LogP contribution in [-0.4, -0.2) is 3.21 Å². The van der Waals surface area contributed by atoms with Gasteiger partial charge in [0.15, 0.2) is 0 Å². The topological polar surface area (TPSA) is 0 Å². The first-order valence-electron chi connectivity index (χ1n) is 18.4. The van der Waals surface area contributed by atoms with E-state index in [9.17, 15) is 0 Å². The van der Waals surface area contributed by atoms with Crippen molar-refractivity contribution in [2.75, 3.05) is 0 Å². The van der Waals surface area contributed by atoms with E-state index >= 15 is 0 Å². The zero-order valence-electron chi connectivity index (χ0n) is 30.2. The Balaban J connectivity index is 0.000000288. The summed E-state index contributed by atoms with van der Waals surface area (Å²) in [6.45, 7) is 11.6. The summed E-state index contributed by atoms with van der Waals surface area (Å²) in [6.07, 6.45) is 22.6. The summed E-state index contributed by atoms with van der Waals surface area (Å²) in [5.74, 6) is 1.28. The largest absolute Gasteiger partial charge is 0.273 e. The van der Waals surface area contributed by atoms with Crippen LogP contribution < -0.4 is 0 Å². The molecule has 0 spiro atoms. The Morgan fingerprint density at radius 3 is 2.00 bits per heavy atom. The van der Waals surface area contributed by atoms with Gasteiger partial charge in [-0.1, -0.05) is 92.2 Å². The van der Waals surface area contributed by atoms with E-state index in [1.165, 1.54) is 88.6 Å². The number of benzene rings is 4. The molecule has 1 heteroatoms. The van der Waals surface area contributed by atoms with Crippen molar-refractivity contribution in [2.45, 2.75) is 105 Å². The Hall–Kier alpha value is -2.89. The average Bonchev–Trinajstić information content (AvgIpc) is 3.80. The third-order valence-corrected chi connectivity index (χ3v) is 10.9. The average molecular weight is 712 g/mol. The van der Waals surface area contributed by atoms with Gasteiger partial charge < -0.3 is 0 Å². The van der Waals surface area contributed by atoms with Crippen LogP contribution in [0.25, 0.3) is 11.1 Å². The first-order chi connectivity index (χ1) is 23.4. The van der Waals surface area contributed by atoms with Gasteiger partial charge in [-0.25, -0.2) is 12.2 Å². The van der Waals surface area contributed by atoms with Crippen molar-refractivity contribution in [3.05, 3.63) is 154 Å². The summed E-state index contributed by atoms with van der Waals surface area (Å²) >= 11 is 1.67. The molecule has 0 fully saturated rings. The Morgan fingerprint density at radius 2 is 1.42 bits per heavy atom. The van der Waals surface area contributed by atoms with Crippen molar-refractivity contribution in [3.63, 3.8) is 0 Å². The molecule has 0 bridgehead atoms. The summed E-state index contributed by atoms with van der Waals surface area (Å²) in [7, 11) is 0. The van der Waals surface area contributed by atoms with E-state index in [0.717, 1.165) is 32.1 Å². The third kappa shape index (κ3) is 12.2. The maximum absolute atomic E-state index is 3.81. The minimum atomic E-state index is 0.628. The Bertz CT molecular complexity index is 1590. The maximum atomic E-state index is 3.81. The van der Waals surface area contributed by atoms with Gasteiger partial charge in [-0.15, -0.1) is 17.5 Å². The third-order valence-electron chi connectivity index (χ3n) is 9.71. The van der Waals surface area contributed by atoms with Gasteiger partial charge in [0, 0.05) is 0 Å². The molecular weight excluding hydrogens is 656 g/mol. The Labute approximate surface area is 308 Å². The first kappa shape index (κ1) is 37.9. The molecule has 248 valence electrons. The summed E-state index contributed by atoms with van der Waals surface area (Å²) in [5, 5.41) is 0. The van der Waals surface area contributed by atoms with Gasteiger partial charge in [-0.3, -0.25) is 6.08 Å². The number of rotatable bonds is 13. The van der Waals surface area contributed by atoms with Gasteiger partial charge >= 0.3 is 79.8 Å². The molecule has 0 nitrogen and oxygen atoms in total. The molecule has 2 aliphatic carbocycles. The maximum Gasteiger partial charge on any atom is -0.00233 e. The van der Waals surface area contributed by atoms with E-state index < -0.39 is 0 Å². The molecule has 0 amide bonds. The van der Waals surface area contributed by atoms with Crippen LogP contribution in [-0.2, 0) is 49.9 Å². The molecule has 48 heavy (non-hydrogen) atoms. The number of hydrogen-bond donors (Lipinski definition) is 0. The molecule has 0 saturated heterocycles. The van der Waals surface area contributed by atoms with Crippen LogP contribution in [0.2, 0.25) is 0 Å². The number of aryl methyl sites for hydroxylation is 1. The van der Waals surface area contributed by atoms with Gasteiger partial charge in [-0.2, -0.15) is 29.8 Å². The van der Waals surface area contributed by atoms with Gasteiger partial charge in [0.2, 0.25) is 0 Å². The van der Waals surface area contributed by atoms with Crippen LogP contribution in [0.3, 0.4) is 0 Å². The second-order valence-corrected chi connectivity index (χ2v) is 15.6. The quantitative estimate of drug-likeness (QED) is 0.107.